The standard InChI is InChI=1S/C30H55NO3/c1-4-7-10-13-16-19-22-32-28-25-27(31)26-29(33-23-20-17-14-11-8-5-2)30(28)34-24-21-18-15-12-9-6-3/h25-26H,4-24,31H2,1-3H3. The zero-order chi connectivity index (χ0) is 24.7. The molecule has 0 heterocycles. The number of nitrogen functional groups attached to an aromatic ring is 1. The predicted molar refractivity (Wildman–Crippen MR) is 147 cm³/mol. The van der Waals surface area contributed by atoms with Gasteiger partial charge < -0.3 is 19.9 Å². The molecule has 4 heteroatoms. The van der Waals surface area contributed by atoms with Crippen LogP contribution in [0.15, 0.2) is 12.1 Å². The topological polar surface area (TPSA) is 53.7 Å². The highest BCUT2D eigenvalue weighted by Gasteiger charge is 2.15. The zero-order valence-electron chi connectivity index (χ0n) is 22.8. The molecule has 0 saturated heterocycles. The Morgan fingerprint density at radius 1 is 0.471 bits per heavy atom. The molecule has 0 spiro atoms. The second kappa shape index (κ2) is 21.9. The highest BCUT2D eigenvalue weighted by atomic mass is 16.5. The van der Waals surface area contributed by atoms with E-state index in [1.54, 1.807) is 0 Å². The SMILES string of the molecule is CCCCCCCCOc1cc(N)cc(OCCCCCCCC)c1OCCCCCCCC. The lowest BCUT2D eigenvalue weighted by Gasteiger charge is -2.18. The maximum absolute atomic E-state index is 6.24. The van der Waals surface area contributed by atoms with Crippen molar-refractivity contribution in [1.82, 2.24) is 0 Å². The Bertz CT molecular complexity index is 551. The van der Waals surface area contributed by atoms with Crippen LogP contribution in [0.5, 0.6) is 17.2 Å². The fraction of sp³-hybridized carbons (Fsp3) is 0.800. The first-order valence-corrected chi connectivity index (χ1v) is 14.5. The Balaban J connectivity index is 2.61. The van der Waals surface area contributed by atoms with Gasteiger partial charge in [0.1, 0.15) is 0 Å². The van der Waals surface area contributed by atoms with Crippen molar-refractivity contribution in [3.8, 4) is 17.2 Å². The molecule has 0 amide bonds. The summed E-state index contributed by atoms with van der Waals surface area (Å²) in [7, 11) is 0. The molecule has 0 aliphatic rings. The molecule has 198 valence electrons. The molecule has 0 atom stereocenters. The van der Waals surface area contributed by atoms with Gasteiger partial charge in [0.05, 0.1) is 19.8 Å². The Morgan fingerprint density at radius 3 is 1.18 bits per heavy atom. The van der Waals surface area contributed by atoms with Gasteiger partial charge in [-0.05, 0) is 19.3 Å². The van der Waals surface area contributed by atoms with Crippen molar-refractivity contribution in [2.75, 3.05) is 25.6 Å². The monoisotopic (exact) mass is 477 g/mol. The molecule has 2 N–H and O–H groups in total. The summed E-state index contributed by atoms with van der Waals surface area (Å²) >= 11 is 0. The van der Waals surface area contributed by atoms with E-state index >= 15 is 0 Å². The van der Waals surface area contributed by atoms with Gasteiger partial charge in [-0.2, -0.15) is 0 Å². The fourth-order valence-electron chi connectivity index (χ4n) is 4.14. The van der Waals surface area contributed by atoms with Crippen LogP contribution in [-0.2, 0) is 0 Å². The molecular formula is C30H55NO3. The number of hydrogen-bond acceptors (Lipinski definition) is 4. The minimum atomic E-state index is 0.669. The van der Waals surface area contributed by atoms with Crippen LogP contribution in [0.4, 0.5) is 5.69 Å². The number of anilines is 1. The van der Waals surface area contributed by atoms with E-state index in [1.807, 2.05) is 12.1 Å². The summed E-state index contributed by atoms with van der Waals surface area (Å²) in [5.74, 6) is 2.20. The summed E-state index contributed by atoms with van der Waals surface area (Å²) in [6.07, 6.45) is 22.4. The van der Waals surface area contributed by atoms with Gasteiger partial charge in [0.2, 0.25) is 5.75 Å². The summed E-state index contributed by atoms with van der Waals surface area (Å²) in [5.41, 5.74) is 6.88. The third kappa shape index (κ3) is 15.3. The van der Waals surface area contributed by atoms with E-state index in [0.29, 0.717) is 25.5 Å². The van der Waals surface area contributed by atoms with E-state index in [0.717, 1.165) is 36.5 Å². The normalized spacial score (nSPS) is 11.0. The summed E-state index contributed by atoms with van der Waals surface area (Å²) in [6, 6.07) is 3.79. The predicted octanol–water partition coefficient (Wildman–Crippen LogP) is 9.49. The smallest absolute Gasteiger partial charge is 0.203 e. The van der Waals surface area contributed by atoms with E-state index < -0.39 is 0 Å². The van der Waals surface area contributed by atoms with Crippen LogP contribution in [0.2, 0.25) is 0 Å². The maximum Gasteiger partial charge on any atom is 0.203 e. The molecule has 0 fully saturated rings. The lowest BCUT2D eigenvalue weighted by atomic mass is 10.1. The number of unbranched alkanes of at least 4 members (excludes halogenated alkanes) is 15. The van der Waals surface area contributed by atoms with Crippen LogP contribution in [-0.4, -0.2) is 19.8 Å². The Hall–Kier alpha value is -1.58. The average molecular weight is 478 g/mol. The first-order chi connectivity index (χ1) is 16.7. The molecule has 1 aromatic carbocycles. The average Bonchev–Trinajstić information content (AvgIpc) is 2.83. The van der Waals surface area contributed by atoms with E-state index in [1.165, 1.54) is 96.3 Å². The third-order valence-electron chi connectivity index (χ3n) is 6.30. The van der Waals surface area contributed by atoms with Crippen LogP contribution in [0.3, 0.4) is 0 Å². The van der Waals surface area contributed by atoms with Gasteiger partial charge in [0.25, 0.3) is 0 Å². The molecule has 4 nitrogen and oxygen atoms in total. The zero-order valence-corrected chi connectivity index (χ0v) is 22.8. The molecule has 1 aromatic rings. The molecule has 0 bridgehead atoms. The molecule has 0 saturated carbocycles. The second-order valence-electron chi connectivity index (χ2n) is 9.69. The summed E-state index contributed by atoms with van der Waals surface area (Å²) < 4.78 is 18.6. The number of ether oxygens (including phenoxy) is 3. The summed E-state index contributed by atoms with van der Waals surface area (Å²) in [5, 5.41) is 0. The van der Waals surface area contributed by atoms with Gasteiger partial charge in [0, 0.05) is 17.8 Å². The number of hydrogen-bond donors (Lipinski definition) is 1. The Labute approximate surface area is 211 Å². The van der Waals surface area contributed by atoms with Gasteiger partial charge in [-0.3, -0.25) is 0 Å². The van der Waals surface area contributed by atoms with Crippen molar-refractivity contribution >= 4 is 5.69 Å². The quantitative estimate of drug-likeness (QED) is 0.119. The van der Waals surface area contributed by atoms with Crippen LogP contribution in [0, 0.1) is 0 Å². The second-order valence-corrected chi connectivity index (χ2v) is 9.69. The molecule has 0 aliphatic heterocycles. The van der Waals surface area contributed by atoms with E-state index in [-0.39, 0.29) is 0 Å². The molecule has 0 aromatic heterocycles. The lowest BCUT2D eigenvalue weighted by Crippen LogP contribution is -2.07. The lowest BCUT2D eigenvalue weighted by molar-refractivity contribution is 0.234. The maximum atomic E-state index is 6.24. The Kier molecular flexibility index (Phi) is 19.6. The van der Waals surface area contributed by atoms with Crippen LogP contribution in [0.25, 0.3) is 0 Å². The van der Waals surface area contributed by atoms with Crippen LogP contribution >= 0.6 is 0 Å². The van der Waals surface area contributed by atoms with E-state index in [9.17, 15) is 0 Å². The van der Waals surface area contributed by atoms with Gasteiger partial charge in [-0.15, -0.1) is 0 Å². The highest BCUT2D eigenvalue weighted by molar-refractivity contribution is 5.60. The summed E-state index contributed by atoms with van der Waals surface area (Å²) in [6.45, 7) is 8.84. The number of benzene rings is 1. The van der Waals surface area contributed by atoms with E-state index in [4.69, 9.17) is 19.9 Å². The molecule has 0 unspecified atom stereocenters. The van der Waals surface area contributed by atoms with Gasteiger partial charge in [-0.1, -0.05) is 117 Å². The molecule has 0 aliphatic carbocycles. The minimum Gasteiger partial charge on any atom is -0.489 e. The first kappa shape index (κ1) is 30.5. The minimum absolute atomic E-state index is 0.669. The molecular weight excluding hydrogens is 422 g/mol. The van der Waals surface area contributed by atoms with Crippen molar-refractivity contribution < 1.29 is 14.2 Å². The van der Waals surface area contributed by atoms with Crippen molar-refractivity contribution in [3.63, 3.8) is 0 Å². The fourth-order valence-corrected chi connectivity index (χ4v) is 4.14. The largest absolute Gasteiger partial charge is 0.489 e. The van der Waals surface area contributed by atoms with Crippen molar-refractivity contribution in [3.05, 3.63) is 12.1 Å². The van der Waals surface area contributed by atoms with Crippen molar-refractivity contribution in [2.24, 2.45) is 0 Å². The van der Waals surface area contributed by atoms with Gasteiger partial charge in [-0.25, -0.2) is 0 Å². The number of nitrogens with two attached hydrogens (primary N) is 1. The Morgan fingerprint density at radius 2 is 0.794 bits per heavy atom. The third-order valence-corrected chi connectivity index (χ3v) is 6.30. The van der Waals surface area contributed by atoms with Crippen LogP contribution in [0.1, 0.15) is 136 Å². The van der Waals surface area contributed by atoms with Gasteiger partial charge >= 0.3 is 0 Å². The highest BCUT2D eigenvalue weighted by Crippen LogP contribution is 2.40. The molecule has 1 rings (SSSR count). The van der Waals surface area contributed by atoms with Crippen LogP contribution < -0.4 is 19.9 Å². The van der Waals surface area contributed by atoms with Crippen molar-refractivity contribution in [2.45, 2.75) is 136 Å². The summed E-state index contributed by atoms with van der Waals surface area (Å²) in [4.78, 5) is 0. The first-order valence-electron chi connectivity index (χ1n) is 14.5. The molecule has 34 heavy (non-hydrogen) atoms. The molecule has 0 radical (unpaired) electrons. The van der Waals surface area contributed by atoms with Crippen molar-refractivity contribution in [1.29, 1.82) is 0 Å². The number of rotatable bonds is 24. The van der Waals surface area contributed by atoms with Gasteiger partial charge in [0.15, 0.2) is 11.5 Å². The van der Waals surface area contributed by atoms with E-state index in [2.05, 4.69) is 20.8 Å².